The summed E-state index contributed by atoms with van der Waals surface area (Å²) in [6.45, 7) is 3.22. The summed E-state index contributed by atoms with van der Waals surface area (Å²) in [5, 5.41) is 20.8. The molecule has 0 aliphatic carbocycles. The molecule has 1 aromatic carbocycles. The highest BCUT2D eigenvalue weighted by atomic mass is 16.6. The maximum absolute atomic E-state index is 11.3. The first kappa shape index (κ1) is 14.7. The molecular weight excluding hydrogens is 258 g/mol. The third-order valence-corrected chi connectivity index (χ3v) is 3.91. The van der Waals surface area contributed by atoms with Crippen LogP contribution in [0.3, 0.4) is 0 Å². The zero-order valence-electron chi connectivity index (χ0n) is 12.1. The molecule has 1 aromatic rings. The van der Waals surface area contributed by atoms with Crippen molar-refractivity contribution in [2.24, 2.45) is 0 Å². The van der Waals surface area contributed by atoms with E-state index in [4.69, 9.17) is 0 Å². The molecule has 1 saturated heterocycles. The van der Waals surface area contributed by atoms with Crippen LogP contribution >= 0.6 is 0 Å². The van der Waals surface area contributed by atoms with Gasteiger partial charge in [-0.15, -0.1) is 0 Å². The number of nitro groups is 1. The number of benzene rings is 1. The lowest BCUT2D eigenvalue weighted by atomic mass is 10.1. The molecule has 0 radical (unpaired) electrons. The van der Waals surface area contributed by atoms with Crippen LogP contribution < -0.4 is 4.90 Å². The monoisotopic (exact) mass is 279 g/mol. The summed E-state index contributed by atoms with van der Waals surface area (Å²) in [7, 11) is 4.05. The van der Waals surface area contributed by atoms with Crippen LogP contribution in [-0.4, -0.2) is 48.2 Å². The topological polar surface area (TPSA) is 69.8 Å². The van der Waals surface area contributed by atoms with E-state index in [-0.39, 0.29) is 10.6 Å². The number of anilines is 1. The first-order chi connectivity index (χ1) is 9.40. The molecule has 1 aliphatic rings. The third kappa shape index (κ3) is 2.91. The number of hydrogen-bond donors (Lipinski definition) is 1. The fourth-order valence-electron chi connectivity index (χ4n) is 2.60. The van der Waals surface area contributed by atoms with E-state index in [0.29, 0.717) is 17.3 Å². The molecule has 0 bridgehead atoms. The molecule has 1 N–H and O–H groups in total. The Morgan fingerprint density at radius 1 is 1.50 bits per heavy atom. The van der Waals surface area contributed by atoms with Gasteiger partial charge < -0.3 is 14.9 Å². The molecule has 1 aliphatic heterocycles. The fraction of sp³-hybridized carbons (Fsp3) is 0.571. The van der Waals surface area contributed by atoms with Gasteiger partial charge in [0.25, 0.3) is 5.69 Å². The predicted molar refractivity (Wildman–Crippen MR) is 78.0 cm³/mol. The molecule has 0 aromatic heterocycles. The molecule has 20 heavy (non-hydrogen) atoms. The van der Waals surface area contributed by atoms with Crippen molar-refractivity contribution < 1.29 is 10.0 Å². The first-order valence-corrected chi connectivity index (χ1v) is 6.78. The van der Waals surface area contributed by atoms with Crippen molar-refractivity contribution in [2.45, 2.75) is 25.5 Å². The normalized spacial score (nSPS) is 20.4. The molecular formula is C14H21N3O3. The standard InChI is InChI=1S/C14H21N3O3/c1-10(18)11-4-5-13(14(8-11)17(19)20)16-7-6-12(9-16)15(2)3/h4-5,8,10,12,18H,6-7,9H2,1-3H3. The van der Waals surface area contributed by atoms with Crippen molar-refractivity contribution in [1.82, 2.24) is 4.90 Å². The molecule has 2 rings (SSSR count). The molecule has 0 saturated carbocycles. The van der Waals surface area contributed by atoms with Gasteiger partial charge in [-0.05, 0) is 39.1 Å². The Bertz CT molecular complexity index is 502. The van der Waals surface area contributed by atoms with E-state index in [2.05, 4.69) is 9.80 Å². The van der Waals surface area contributed by atoms with Gasteiger partial charge in [0.15, 0.2) is 0 Å². The SMILES string of the molecule is CC(O)c1ccc(N2CCC(N(C)C)C2)c([N+](=O)[O-])c1. The highest BCUT2D eigenvalue weighted by Gasteiger charge is 2.28. The van der Waals surface area contributed by atoms with Gasteiger partial charge in [-0.1, -0.05) is 6.07 Å². The number of aliphatic hydroxyl groups is 1. The van der Waals surface area contributed by atoms with Crippen LogP contribution in [0, 0.1) is 10.1 Å². The second-order valence-corrected chi connectivity index (χ2v) is 5.53. The summed E-state index contributed by atoms with van der Waals surface area (Å²) in [6, 6.07) is 5.41. The average Bonchev–Trinajstić information content (AvgIpc) is 2.87. The summed E-state index contributed by atoms with van der Waals surface area (Å²) in [5.41, 5.74) is 1.29. The molecule has 0 spiro atoms. The predicted octanol–water partition coefficient (Wildman–Crippen LogP) is 1.79. The molecule has 2 atom stereocenters. The van der Waals surface area contributed by atoms with Crippen molar-refractivity contribution in [3.05, 3.63) is 33.9 Å². The van der Waals surface area contributed by atoms with Gasteiger partial charge in [-0.2, -0.15) is 0 Å². The van der Waals surface area contributed by atoms with E-state index in [9.17, 15) is 15.2 Å². The van der Waals surface area contributed by atoms with Crippen LogP contribution in [0.4, 0.5) is 11.4 Å². The summed E-state index contributed by atoms with van der Waals surface area (Å²) >= 11 is 0. The van der Waals surface area contributed by atoms with Crippen molar-refractivity contribution in [1.29, 1.82) is 0 Å². The zero-order chi connectivity index (χ0) is 14.9. The van der Waals surface area contributed by atoms with Gasteiger partial charge in [0, 0.05) is 25.2 Å². The van der Waals surface area contributed by atoms with E-state index >= 15 is 0 Å². The number of likely N-dealkylation sites (N-methyl/N-ethyl adjacent to an activating group) is 1. The van der Waals surface area contributed by atoms with Crippen LogP contribution in [0.5, 0.6) is 0 Å². The minimum atomic E-state index is -0.698. The van der Waals surface area contributed by atoms with E-state index in [1.165, 1.54) is 6.07 Å². The summed E-state index contributed by atoms with van der Waals surface area (Å²) in [6.07, 6.45) is 0.304. The van der Waals surface area contributed by atoms with E-state index in [1.807, 2.05) is 14.1 Å². The lowest BCUT2D eigenvalue weighted by molar-refractivity contribution is -0.384. The van der Waals surface area contributed by atoms with Gasteiger partial charge >= 0.3 is 0 Å². The van der Waals surface area contributed by atoms with E-state index < -0.39 is 6.10 Å². The first-order valence-electron chi connectivity index (χ1n) is 6.78. The molecule has 0 amide bonds. The fourth-order valence-corrected chi connectivity index (χ4v) is 2.60. The Balaban J connectivity index is 2.30. The van der Waals surface area contributed by atoms with Crippen molar-refractivity contribution in [2.75, 3.05) is 32.1 Å². The highest BCUT2D eigenvalue weighted by molar-refractivity contribution is 5.65. The molecule has 6 nitrogen and oxygen atoms in total. The van der Waals surface area contributed by atoms with E-state index in [0.717, 1.165) is 19.5 Å². The van der Waals surface area contributed by atoms with Gasteiger partial charge in [0.2, 0.25) is 0 Å². The number of aliphatic hydroxyl groups excluding tert-OH is 1. The second kappa shape index (κ2) is 5.76. The Labute approximate surface area is 118 Å². The number of nitrogens with zero attached hydrogens (tertiary/aromatic N) is 3. The highest BCUT2D eigenvalue weighted by Crippen LogP contribution is 2.33. The lowest BCUT2D eigenvalue weighted by Crippen LogP contribution is -2.31. The maximum Gasteiger partial charge on any atom is 0.292 e. The molecule has 110 valence electrons. The van der Waals surface area contributed by atoms with Crippen LogP contribution in [0.15, 0.2) is 18.2 Å². The molecule has 6 heteroatoms. The van der Waals surface area contributed by atoms with Crippen molar-refractivity contribution >= 4 is 11.4 Å². The van der Waals surface area contributed by atoms with Crippen molar-refractivity contribution in [3.63, 3.8) is 0 Å². The Morgan fingerprint density at radius 3 is 2.70 bits per heavy atom. The number of rotatable bonds is 4. The zero-order valence-corrected chi connectivity index (χ0v) is 12.1. The quantitative estimate of drug-likeness (QED) is 0.672. The number of hydrogen-bond acceptors (Lipinski definition) is 5. The summed E-state index contributed by atoms with van der Waals surface area (Å²) < 4.78 is 0. The summed E-state index contributed by atoms with van der Waals surface area (Å²) in [5.74, 6) is 0. The van der Waals surface area contributed by atoms with Gasteiger partial charge in [0.1, 0.15) is 5.69 Å². The molecule has 1 heterocycles. The van der Waals surface area contributed by atoms with Crippen LogP contribution in [0.2, 0.25) is 0 Å². The van der Waals surface area contributed by atoms with Crippen LogP contribution in [0.1, 0.15) is 25.0 Å². The van der Waals surface area contributed by atoms with Gasteiger partial charge in [-0.3, -0.25) is 10.1 Å². The number of nitro benzene ring substituents is 1. The molecule has 2 unspecified atom stereocenters. The van der Waals surface area contributed by atoms with Gasteiger partial charge in [-0.25, -0.2) is 0 Å². The second-order valence-electron chi connectivity index (χ2n) is 5.53. The average molecular weight is 279 g/mol. The third-order valence-electron chi connectivity index (χ3n) is 3.91. The minimum absolute atomic E-state index is 0.0720. The van der Waals surface area contributed by atoms with E-state index in [1.54, 1.807) is 19.1 Å². The van der Waals surface area contributed by atoms with Crippen LogP contribution in [0.25, 0.3) is 0 Å². The Kier molecular flexibility index (Phi) is 4.25. The minimum Gasteiger partial charge on any atom is -0.389 e. The summed E-state index contributed by atoms with van der Waals surface area (Å²) in [4.78, 5) is 15.1. The van der Waals surface area contributed by atoms with Gasteiger partial charge in [0.05, 0.1) is 11.0 Å². The van der Waals surface area contributed by atoms with Crippen LogP contribution in [-0.2, 0) is 0 Å². The Hall–Kier alpha value is -1.66. The maximum atomic E-state index is 11.3. The largest absolute Gasteiger partial charge is 0.389 e. The molecule has 1 fully saturated rings. The lowest BCUT2D eigenvalue weighted by Gasteiger charge is -2.22. The van der Waals surface area contributed by atoms with Crippen molar-refractivity contribution in [3.8, 4) is 0 Å². The Morgan fingerprint density at radius 2 is 2.20 bits per heavy atom. The smallest absolute Gasteiger partial charge is 0.292 e.